The molecule has 3 saturated carbocycles. The zero-order valence-corrected chi connectivity index (χ0v) is 24.4. The smallest absolute Gasteiger partial charge is 0.221 e. The highest BCUT2D eigenvalue weighted by molar-refractivity contribution is 6.01. The number of aliphatic hydroxyl groups excluding tert-OH is 1. The SMILES string of the molecule is CCC[C@@H]1O[C@H]2C[C@H]3[C@@H]4CCC5=CC(=O)C=C[C@]5(C)[C@H]4[C@@H](O)C[C@]3(C)[C@]2(C(=O)COc2ccc(NC(C)=O)cc2)O1. The second kappa shape index (κ2) is 10.2. The number of carbonyl (C=O) groups is 3. The van der Waals surface area contributed by atoms with Crippen LogP contribution in [0.3, 0.4) is 0 Å². The zero-order valence-electron chi connectivity index (χ0n) is 24.4. The van der Waals surface area contributed by atoms with Crippen LogP contribution in [0.4, 0.5) is 5.69 Å². The van der Waals surface area contributed by atoms with Crippen molar-refractivity contribution in [1.82, 2.24) is 0 Å². The molecule has 0 spiro atoms. The average molecular weight is 564 g/mol. The molecule has 1 aromatic carbocycles. The molecule has 41 heavy (non-hydrogen) atoms. The minimum absolute atomic E-state index is 0.0135. The van der Waals surface area contributed by atoms with Crippen molar-refractivity contribution >= 4 is 23.2 Å². The van der Waals surface area contributed by atoms with Gasteiger partial charge in [0.2, 0.25) is 11.7 Å². The summed E-state index contributed by atoms with van der Waals surface area (Å²) < 4.78 is 19.2. The molecular formula is C33H41NO7. The number of ketones is 2. The summed E-state index contributed by atoms with van der Waals surface area (Å²) in [5, 5.41) is 14.6. The molecule has 4 fully saturated rings. The maximum atomic E-state index is 14.3. The Kier molecular flexibility index (Phi) is 7.03. The summed E-state index contributed by atoms with van der Waals surface area (Å²) in [5.74, 6) is 0.457. The van der Waals surface area contributed by atoms with Crippen LogP contribution in [0.25, 0.3) is 0 Å². The Morgan fingerprint density at radius 2 is 1.95 bits per heavy atom. The van der Waals surface area contributed by atoms with Gasteiger partial charge in [0.05, 0.1) is 12.2 Å². The van der Waals surface area contributed by atoms with Crippen molar-refractivity contribution in [2.24, 2.45) is 28.6 Å². The van der Waals surface area contributed by atoms with Crippen LogP contribution in [-0.2, 0) is 23.9 Å². The molecule has 8 nitrogen and oxygen atoms in total. The fourth-order valence-corrected chi connectivity index (χ4v) is 9.10. The second-order valence-corrected chi connectivity index (χ2v) is 13.1. The van der Waals surface area contributed by atoms with E-state index >= 15 is 0 Å². The topological polar surface area (TPSA) is 111 Å². The van der Waals surface area contributed by atoms with E-state index in [4.69, 9.17) is 14.2 Å². The molecule has 2 N–H and O–H groups in total. The molecule has 9 atom stereocenters. The Labute approximate surface area is 241 Å². The first-order valence-corrected chi connectivity index (χ1v) is 15.0. The Balaban J connectivity index is 1.29. The monoisotopic (exact) mass is 563 g/mol. The van der Waals surface area contributed by atoms with Gasteiger partial charge in [-0.15, -0.1) is 0 Å². The second-order valence-electron chi connectivity index (χ2n) is 13.1. The quantitative estimate of drug-likeness (QED) is 0.492. The molecule has 0 radical (unpaired) electrons. The minimum Gasteiger partial charge on any atom is -0.486 e. The van der Waals surface area contributed by atoms with Gasteiger partial charge in [-0.2, -0.15) is 0 Å². The number of anilines is 1. The van der Waals surface area contributed by atoms with Gasteiger partial charge in [-0.05, 0) is 80.4 Å². The Bertz CT molecular complexity index is 1300. The molecular weight excluding hydrogens is 522 g/mol. The molecule has 6 rings (SSSR count). The Morgan fingerprint density at radius 3 is 2.66 bits per heavy atom. The lowest BCUT2D eigenvalue weighted by Crippen LogP contribution is -2.63. The van der Waals surface area contributed by atoms with Crippen LogP contribution in [0.1, 0.15) is 66.2 Å². The number of amides is 1. The molecule has 1 aliphatic heterocycles. The first-order valence-electron chi connectivity index (χ1n) is 15.0. The number of hydrogen-bond acceptors (Lipinski definition) is 7. The van der Waals surface area contributed by atoms with Gasteiger partial charge in [-0.25, -0.2) is 0 Å². The van der Waals surface area contributed by atoms with E-state index in [0.717, 1.165) is 24.8 Å². The largest absolute Gasteiger partial charge is 0.486 e. The van der Waals surface area contributed by atoms with Crippen LogP contribution in [0, 0.1) is 28.6 Å². The molecule has 4 aliphatic carbocycles. The van der Waals surface area contributed by atoms with Crippen LogP contribution in [0.5, 0.6) is 5.75 Å². The maximum Gasteiger partial charge on any atom is 0.221 e. The van der Waals surface area contributed by atoms with Crippen LogP contribution >= 0.6 is 0 Å². The summed E-state index contributed by atoms with van der Waals surface area (Å²) in [7, 11) is 0. The van der Waals surface area contributed by atoms with Crippen molar-refractivity contribution in [2.45, 2.75) is 90.3 Å². The molecule has 1 saturated heterocycles. The number of rotatable bonds is 7. The number of carbonyl (C=O) groups excluding carboxylic acids is 3. The standard InChI is InChI=1S/C33H41NO7/c1-5-6-29-40-28-16-25-24-12-7-20-15-22(36)13-14-31(20,3)30(24)26(37)17-32(25,4)33(28,41-29)27(38)18-39-23-10-8-21(9-11-23)34-19(2)35/h8-11,13-15,24-26,28-30,37H,5-7,12,16-18H2,1-4H3,(H,34,35)/t24-,25-,26-,28-,29+,30+,31-,32-,33+/m0/s1. The fraction of sp³-hybridized carbons (Fsp3) is 0.606. The summed E-state index contributed by atoms with van der Waals surface area (Å²) in [6, 6.07) is 6.92. The van der Waals surface area contributed by atoms with Gasteiger partial charge in [0.1, 0.15) is 12.4 Å². The molecule has 0 aromatic heterocycles. The molecule has 0 unspecified atom stereocenters. The number of aliphatic hydroxyl groups is 1. The summed E-state index contributed by atoms with van der Waals surface area (Å²) in [4.78, 5) is 37.8. The summed E-state index contributed by atoms with van der Waals surface area (Å²) in [5.41, 5.74) is -0.479. The molecule has 1 amide bonds. The maximum absolute atomic E-state index is 14.3. The van der Waals surface area contributed by atoms with Gasteiger partial charge in [-0.3, -0.25) is 14.4 Å². The van der Waals surface area contributed by atoms with Crippen molar-refractivity contribution in [3.8, 4) is 5.75 Å². The van der Waals surface area contributed by atoms with Crippen molar-refractivity contribution < 1.29 is 33.7 Å². The summed E-state index contributed by atoms with van der Waals surface area (Å²) >= 11 is 0. The van der Waals surface area contributed by atoms with Crippen molar-refractivity contribution in [3.63, 3.8) is 0 Å². The predicted octanol–water partition coefficient (Wildman–Crippen LogP) is 4.76. The number of hydrogen-bond donors (Lipinski definition) is 2. The number of Topliss-reactive ketones (excluding diaryl/α,β-unsaturated/α-hetero) is 1. The molecule has 8 heteroatoms. The van der Waals surface area contributed by atoms with Gasteiger partial charge >= 0.3 is 0 Å². The zero-order chi connectivity index (χ0) is 29.2. The van der Waals surface area contributed by atoms with E-state index in [1.807, 2.05) is 6.08 Å². The normalized spacial score (nSPS) is 40.6. The third-order valence-corrected chi connectivity index (χ3v) is 10.8. The van der Waals surface area contributed by atoms with E-state index in [0.29, 0.717) is 30.7 Å². The summed E-state index contributed by atoms with van der Waals surface area (Å²) in [6.45, 7) is 7.60. The first kappa shape index (κ1) is 28.3. The van der Waals surface area contributed by atoms with Gasteiger partial charge in [0.25, 0.3) is 0 Å². The highest BCUT2D eigenvalue weighted by Gasteiger charge is 2.75. The van der Waals surface area contributed by atoms with E-state index in [2.05, 4.69) is 26.1 Å². The van der Waals surface area contributed by atoms with E-state index < -0.39 is 29.5 Å². The molecule has 0 bridgehead atoms. The van der Waals surface area contributed by atoms with E-state index in [9.17, 15) is 19.5 Å². The van der Waals surface area contributed by atoms with E-state index in [1.54, 1.807) is 36.4 Å². The first-order chi connectivity index (χ1) is 19.5. The van der Waals surface area contributed by atoms with Crippen molar-refractivity contribution in [3.05, 3.63) is 48.1 Å². The van der Waals surface area contributed by atoms with Gasteiger partial charge in [0.15, 0.2) is 17.7 Å². The Hall–Kier alpha value is -2.81. The van der Waals surface area contributed by atoms with Crippen LogP contribution < -0.4 is 10.1 Å². The average Bonchev–Trinajstić information content (AvgIpc) is 3.40. The van der Waals surface area contributed by atoms with Gasteiger partial charge in [-0.1, -0.05) is 38.8 Å². The third-order valence-electron chi connectivity index (χ3n) is 10.8. The Morgan fingerprint density at radius 1 is 1.20 bits per heavy atom. The van der Waals surface area contributed by atoms with Crippen molar-refractivity contribution in [2.75, 3.05) is 11.9 Å². The van der Waals surface area contributed by atoms with Crippen LogP contribution in [-0.4, -0.2) is 53.3 Å². The summed E-state index contributed by atoms with van der Waals surface area (Å²) in [6.07, 6.45) is 8.19. The highest BCUT2D eigenvalue weighted by atomic mass is 16.7. The van der Waals surface area contributed by atoms with E-state index in [-0.39, 0.29) is 47.2 Å². The lowest BCUT2D eigenvalue weighted by Gasteiger charge is -2.59. The number of fused-ring (bicyclic) bond motifs is 7. The lowest BCUT2D eigenvalue weighted by molar-refractivity contribution is -0.200. The van der Waals surface area contributed by atoms with Crippen LogP contribution in [0.15, 0.2) is 48.1 Å². The van der Waals surface area contributed by atoms with Crippen LogP contribution in [0.2, 0.25) is 0 Å². The van der Waals surface area contributed by atoms with E-state index in [1.165, 1.54) is 6.92 Å². The number of benzene rings is 1. The lowest BCUT2D eigenvalue weighted by atomic mass is 9.46. The van der Waals surface area contributed by atoms with Crippen molar-refractivity contribution in [1.29, 1.82) is 0 Å². The fourth-order valence-electron chi connectivity index (χ4n) is 9.10. The highest BCUT2D eigenvalue weighted by Crippen LogP contribution is 2.69. The molecule has 220 valence electrons. The van der Waals surface area contributed by atoms with Gasteiger partial charge < -0.3 is 24.6 Å². The molecule has 5 aliphatic rings. The molecule has 1 aromatic rings. The molecule has 1 heterocycles. The third kappa shape index (κ3) is 4.33. The van der Waals surface area contributed by atoms with Gasteiger partial charge in [0, 0.05) is 29.4 Å². The number of nitrogens with one attached hydrogen (secondary N) is 1. The predicted molar refractivity (Wildman–Crippen MR) is 152 cm³/mol. The minimum atomic E-state index is -1.21. The number of allylic oxidation sites excluding steroid dienone is 4. The number of ether oxygens (including phenoxy) is 3.